The van der Waals surface area contributed by atoms with Crippen LogP contribution in [-0.2, 0) is 9.84 Å². The normalized spacial score (nSPS) is 12.0. The maximum atomic E-state index is 14.3. The van der Waals surface area contributed by atoms with Crippen LogP contribution in [0.3, 0.4) is 0 Å². The van der Waals surface area contributed by atoms with E-state index in [0.717, 1.165) is 11.1 Å². The number of hydrogen-bond donors (Lipinski definition) is 1. The lowest BCUT2D eigenvalue weighted by Crippen LogP contribution is -2.36. The van der Waals surface area contributed by atoms with E-state index in [1.54, 1.807) is 26.8 Å². The molecule has 0 unspecified atom stereocenters. The molecule has 0 aliphatic rings. The van der Waals surface area contributed by atoms with E-state index in [1.807, 2.05) is 31.2 Å². The van der Waals surface area contributed by atoms with Crippen LogP contribution >= 0.6 is 0 Å². The molecule has 0 aliphatic heterocycles. The summed E-state index contributed by atoms with van der Waals surface area (Å²) in [5.41, 5.74) is 2.54. The molecular weight excluding hydrogens is 353 g/mol. The lowest BCUT2D eigenvalue weighted by Gasteiger charge is -2.19. The van der Waals surface area contributed by atoms with Gasteiger partial charge in [0.25, 0.3) is 5.91 Å². The highest BCUT2D eigenvalue weighted by molar-refractivity contribution is 7.92. The number of hydrogen-bond acceptors (Lipinski definition) is 3. The molecule has 26 heavy (non-hydrogen) atoms. The van der Waals surface area contributed by atoms with E-state index >= 15 is 0 Å². The zero-order chi connectivity index (χ0) is 19.5. The van der Waals surface area contributed by atoms with Gasteiger partial charge in [0.2, 0.25) is 0 Å². The van der Waals surface area contributed by atoms with Crippen LogP contribution in [0, 0.1) is 12.7 Å². The highest BCUT2D eigenvalue weighted by atomic mass is 32.2. The van der Waals surface area contributed by atoms with Gasteiger partial charge in [-0.15, -0.1) is 0 Å². The number of benzene rings is 2. The summed E-state index contributed by atoms with van der Waals surface area (Å²) in [5, 5.41) is 2.48. The summed E-state index contributed by atoms with van der Waals surface area (Å²) >= 11 is 0. The lowest BCUT2D eigenvalue weighted by atomic mass is 10.0. The molecule has 1 amide bonds. The molecule has 4 nitrogen and oxygen atoms in total. The van der Waals surface area contributed by atoms with Crippen LogP contribution in [-0.4, -0.2) is 31.4 Å². The van der Waals surface area contributed by atoms with Crippen LogP contribution in [0.25, 0.3) is 11.1 Å². The van der Waals surface area contributed by atoms with Crippen molar-refractivity contribution < 1.29 is 17.6 Å². The standard InChI is InChI=1S/C20H24FNO3S/c1-14-5-7-15(8-6-14)16-9-10-17(18(21)13-16)19(23)22-11-12-26(24,25)20(2,3)4/h5-10,13H,11-12H2,1-4H3,(H,22,23). The Balaban J connectivity index is 2.07. The van der Waals surface area contributed by atoms with E-state index in [0.29, 0.717) is 5.56 Å². The lowest BCUT2D eigenvalue weighted by molar-refractivity contribution is 0.0952. The van der Waals surface area contributed by atoms with Crippen LogP contribution in [0.4, 0.5) is 4.39 Å². The summed E-state index contributed by atoms with van der Waals surface area (Å²) in [5.74, 6) is -1.45. The van der Waals surface area contributed by atoms with E-state index < -0.39 is 26.3 Å². The summed E-state index contributed by atoms with van der Waals surface area (Å²) in [6.45, 7) is 6.73. The fourth-order valence-corrected chi connectivity index (χ4v) is 3.31. The quantitative estimate of drug-likeness (QED) is 0.863. The van der Waals surface area contributed by atoms with E-state index in [-0.39, 0.29) is 17.9 Å². The fraction of sp³-hybridized carbons (Fsp3) is 0.350. The molecule has 0 saturated carbocycles. The Morgan fingerprint density at radius 2 is 1.62 bits per heavy atom. The zero-order valence-electron chi connectivity index (χ0n) is 15.5. The van der Waals surface area contributed by atoms with Crippen LogP contribution < -0.4 is 5.32 Å². The van der Waals surface area contributed by atoms with Gasteiger partial charge in [-0.05, 0) is 51.0 Å². The smallest absolute Gasteiger partial charge is 0.254 e. The molecule has 2 rings (SSSR count). The maximum Gasteiger partial charge on any atom is 0.254 e. The second kappa shape index (κ2) is 7.58. The maximum absolute atomic E-state index is 14.3. The molecule has 0 radical (unpaired) electrons. The van der Waals surface area contributed by atoms with Gasteiger partial charge in [0, 0.05) is 6.54 Å². The number of amides is 1. The number of halogens is 1. The van der Waals surface area contributed by atoms with Crippen molar-refractivity contribution in [2.45, 2.75) is 32.4 Å². The van der Waals surface area contributed by atoms with Crippen LogP contribution in [0.1, 0.15) is 36.7 Å². The number of sulfone groups is 1. The first kappa shape index (κ1) is 20.1. The summed E-state index contributed by atoms with van der Waals surface area (Å²) in [6, 6.07) is 12.0. The predicted octanol–water partition coefficient (Wildman–Crippen LogP) is 3.74. The van der Waals surface area contributed by atoms with E-state index in [2.05, 4.69) is 5.32 Å². The highest BCUT2D eigenvalue weighted by Gasteiger charge is 2.28. The van der Waals surface area contributed by atoms with Crippen molar-refractivity contribution in [1.82, 2.24) is 5.32 Å². The monoisotopic (exact) mass is 377 g/mol. The van der Waals surface area contributed by atoms with Crippen LogP contribution in [0.2, 0.25) is 0 Å². The SMILES string of the molecule is Cc1ccc(-c2ccc(C(=O)NCCS(=O)(=O)C(C)(C)C)c(F)c2)cc1. The van der Waals surface area contributed by atoms with Crippen molar-refractivity contribution in [3.8, 4) is 11.1 Å². The van der Waals surface area contributed by atoms with Gasteiger partial charge >= 0.3 is 0 Å². The van der Waals surface area contributed by atoms with Crippen LogP contribution in [0.5, 0.6) is 0 Å². The van der Waals surface area contributed by atoms with Crippen LogP contribution in [0.15, 0.2) is 42.5 Å². The average molecular weight is 377 g/mol. The molecule has 0 saturated heterocycles. The predicted molar refractivity (Wildman–Crippen MR) is 102 cm³/mol. The average Bonchev–Trinajstić information content (AvgIpc) is 2.54. The fourth-order valence-electron chi connectivity index (χ4n) is 2.33. The molecule has 0 aromatic heterocycles. The third-order valence-corrected chi connectivity index (χ3v) is 6.80. The molecular formula is C20H24FNO3S. The zero-order valence-corrected chi connectivity index (χ0v) is 16.3. The topological polar surface area (TPSA) is 63.2 Å². The van der Waals surface area contributed by atoms with Gasteiger partial charge < -0.3 is 5.32 Å². The van der Waals surface area contributed by atoms with E-state index in [4.69, 9.17) is 0 Å². The highest BCUT2D eigenvalue weighted by Crippen LogP contribution is 2.22. The van der Waals surface area contributed by atoms with Gasteiger partial charge in [0.15, 0.2) is 9.84 Å². The Morgan fingerprint density at radius 3 is 2.15 bits per heavy atom. The van der Waals surface area contributed by atoms with Crippen molar-refractivity contribution >= 4 is 15.7 Å². The first-order valence-corrected chi connectivity index (χ1v) is 10.0. The Kier molecular flexibility index (Phi) is 5.86. The molecule has 0 aliphatic carbocycles. The minimum atomic E-state index is -3.34. The summed E-state index contributed by atoms with van der Waals surface area (Å²) in [6.07, 6.45) is 0. The molecule has 0 atom stereocenters. The van der Waals surface area contributed by atoms with Gasteiger partial charge in [0.05, 0.1) is 16.1 Å². The number of carbonyl (C=O) groups is 1. The Bertz CT molecular complexity index is 898. The molecule has 0 bridgehead atoms. The van der Waals surface area contributed by atoms with Crippen molar-refractivity contribution in [2.24, 2.45) is 0 Å². The number of nitrogens with one attached hydrogen (secondary N) is 1. The van der Waals surface area contributed by atoms with Gasteiger partial charge in [-0.1, -0.05) is 35.9 Å². The minimum Gasteiger partial charge on any atom is -0.351 e. The first-order valence-electron chi connectivity index (χ1n) is 8.38. The number of carbonyl (C=O) groups excluding carboxylic acids is 1. The van der Waals surface area contributed by atoms with E-state index in [9.17, 15) is 17.6 Å². The molecule has 0 heterocycles. The molecule has 6 heteroatoms. The second-order valence-electron chi connectivity index (χ2n) is 7.25. The van der Waals surface area contributed by atoms with E-state index in [1.165, 1.54) is 12.1 Å². The largest absolute Gasteiger partial charge is 0.351 e. The van der Waals surface area contributed by atoms with Gasteiger partial charge in [0.1, 0.15) is 5.82 Å². The Hall–Kier alpha value is -2.21. The second-order valence-corrected chi connectivity index (χ2v) is 10.1. The Morgan fingerprint density at radius 1 is 1.04 bits per heavy atom. The number of aryl methyl sites for hydroxylation is 1. The van der Waals surface area contributed by atoms with Gasteiger partial charge in [-0.25, -0.2) is 12.8 Å². The molecule has 2 aromatic rings. The summed E-state index contributed by atoms with van der Waals surface area (Å²) in [4.78, 5) is 12.1. The van der Waals surface area contributed by atoms with Crippen molar-refractivity contribution in [2.75, 3.05) is 12.3 Å². The van der Waals surface area contributed by atoms with Crippen molar-refractivity contribution in [3.63, 3.8) is 0 Å². The van der Waals surface area contributed by atoms with Gasteiger partial charge in [-0.3, -0.25) is 4.79 Å². The molecule has 1 N–H and O–H groups in total. The van der Waals surface area contributed by atoms with Crippen molar-refractivity contribution in [3.05, 3.63) is 59.4 Å². The third-order valence-electron chi connectivity index (χ3n) is 4.19. The summed E-state index contributed by atoms with van der Waals surface area (Å²) < 4.78 is 37.5. The molecule has 140 valence electrons. The summed E-state index contributed by atoms with van der Waals surface area (Å²) in [7, 11) is -3.34. The minimum absolute atomic E-state index is 0.0579. The number of rotatable bonds is 5. The van der Waals surface area contributed by atoms with Gasteiger partial charge in [-0.2, -0.15) is 0 Å². The molecule has 0 fully saturated rings. The van der Waals surface area contributed by atoms with Crippen molar-refractivity contribution in [1.29, 1.82) is 0 Å². The third kappa shape index (κ3) is 4.69. The molecule has 2 aromatic carbocycles. The Labute approximate surface area is 154 Å². The first-order chi connectivity index (χ1) is 12.0. The molecule has 0 spiro atoms.